The lowest BCUT2D eigenvalue weighted by Crippen LogP contribution is -2.47. The van der Waals surface area contributed by atoms with E-state index < -0.39 is 15.7 Å². The molecule has 0 aliphatic heterocycles. The molecule has 0 aliphatic rings. The summed E-state index contributed by atoms with van der Waals surface area (Å²) in [5.41, 5.74) is -0.438. The Morgan fingerprint density at radius 3 is 2.29 bits per heavy atom. The lowest BCUT2D eigenvalue weighted by molar-refractivity contribution is 0.484. The zero-order valence-corrected chi connectivity index (χ0v) is 10.1. The summed E-state index contributed by atoms with van der Waals surface area (Å²) >= 11 is 0. The highest BCUT2D eigenvalue weighted by Crippen LogP contribution is 2.00. The smallest absolute Gasteiger partial charge is 0.202 e. The van der Waals surface area contributed by atoms with E-state index in [4.69, 9.17) is 0 Å². The SMILES string of the molecule is C/C=C/CCNS(=O)(=O)NC(C)(C)C. The molecule has 0 aromatic heterocycles. The van der Waals surface area contributed by atoms with Gasteiger partial charge < -0.3 is 0 Å². The van der Waals surface area contributed by atoms with E-state index in [2.05, 4.69) is 9.44 Å². The van der Waals surface area contributed by atoms with E-state index in [0.717, 1.165) is 0 Å². The summed E-state index contributed by atoms with van der Waals surface area (Å²) in [4.78, 5) is 0. The van der Waals surface area contributed by atoms with Crippen LogP contribution in [0, 0.1) is 0 Å². The normalized spacial score (nSPS) is 13.7. The minimum Gasteiger partial charge on any atom is -0.202 e. The Morgan fingerprint density at radius 1 is 1.29 bits per heavy atom. The Bertz CT molecular complexity index is 276. The number of rotatable bonds is 5. The molecule has 0 bridgehead atoms. The largest absolute Gasteiger partial charge is 0.277 e. The zero-order chi connectivity index (χ0) is 11.2. The first-order chi connectivity index (χ1) is 6.27. The Morgan fingerprint density at radius 2 is 1.86 bits per heavy atom. The highest BCUT2D eigenvalue weighted by atomic mass is 32.2. The van der Waals surface area contributed by atoms with Crippen molar-refractivity contribution in [1.82, 2.24) is 9.44 Å². The van der Waals surface area contributed by atoms with Crippen LogP contribution in [0.3, 0.4) is 0 Å². The number of hydrogen-bond acceptors (Lipinski definition) is 2. The molecular formula is C9H20N2O2S. The molecule has 0 rings (SSSR count). The predicted octanol–water partition coefficient (Wildman–Crippen LogP) is 1.18. The molecule has 0 fully saturated rings. The second kappa shape index (κ2) is 5.48. The van der Waals surface area contributed by atoms with Gasteiger partial charge in [0.05, 0.1) is 0 Å². The Kier molecular flexibility index (Phi) is 5.33. The summed E-state index contributed by atoms with van der Waals surface area (Å²) in [6.45, 7) is 7.74. The third kappa shape index (κ3) is 8.22. The van der Waals surface area contributed by atoms with Crippen LogP contribution in [0.2, 0.25) is 0 Å². The maximum absolute atomic E-state index is 11.4. The summed E-state index contributed by atoms with van der Waals surface area (Å²) in [7, 11) is -3.35. The summed E-state index contributed by atoms with van der Waals surface area (Å²) in [5.74, 6) is 0. The van der Waals surface area contributed by atoms with E-state index in [0.29, 0.717) is 13.0 Å². The molecule has 84 valence electrons. The fraction of sp³-hybridized carbons (Fsp3) is 0.778. The second-order valence-corrected chi connectivity index (χ2v) is 5.61. The van der Waals surface area contributed by atoms with Gasteiger partial charge >= 0.3 is 0 Å². The lowest BCUT2D eigenvalue weighted by atomic mass is 10.1. The van der Waals surface area contributed by atoms with Crippen molar-refractivity contribution >= 4 is 10.2 Å². The van der Waals surface area contributed by atoms with Crippen molar-refractivity contribution in [3.05, 3.63) is 12.2 Å². The molecular weight excluding hydrogens is 200 g/mol. The van der Waals surface area contributed by atoms with Crippen molar-refractivity contribution in [3.63, 3.8) is 0 Å². The monoisotopic (exact) mass is 220 g/mol. The molecule has 0 atom stereocenters. The van der Waals surface area contributed by atoms with Crippen molar-refractivity contribution < 1.29 is 8.42 Å². The van der Waals surface area contributed by atoms with E-state index in [9.17, 15) is 8.42 Å². The number of nitrogens with one attached hydrogen (secondary N) is 2. The van der Waals surface area contributed by atoms with Gasteiger partial charge in [0, 0.05) is 12.1 Å². The van der Waals surface area contributed by atoms with Gasteiger partial charge in [-0.1, -0.05) is 12.2 Å². The molecule has 4 nitrogen and oxygen atoms in total. The van der Waals surface area contributed by atoms with Crippen molar-refractivity contribution in [1.29, 1.82) is 0 Å². The van der Waals surface area contributed by atoms with Gasteiger partial charge in [-0.2, -0.15) is 13.1 Å². The van der Waals surface area contributed by atoms with Crippen molar-refractivity contribution in [3.8, 4) is 0 Å². The first kappa shape index (κ1) is 13.6. The standard InChI is InChI=1S/C9H20N2O2S/c1-5-6-7-8-10-14(12,13)11-9(2,3)4/h5-6,10-11H,7-8H2,1-4H3/b6-5+. The third-order valence-electron chi connectivity index (χ3n) is 1.28. The van der Waals surface area contributed by atoms with Gasteiger partial charge in [-0.3, -0.25) is 0 Å². The third-order valence-corrected chi connectivity index (χ3v) is 2.74. The highest BCUT2D eigenvalue weighted by molar-refractivity contribution is 7.87. The molecule has 0 saturated carbocycles. The average Bonchev–Trinajstić information content (AvgIpc) is 1.93. The molecule has 0 aromatic rings. The van der Waals surface area contributed by atoms with Crippen LogP contribution in [-0.2, 0) is 10.2 Å². The van der Waals surface area contributed by atoms with Crippen molar-refractivity contribution in [2.45, 2.75) is 39.7 Å². The van der Waals surface area contributed by atoms with Gasteiger partial charge in [-0.15, -0.1) is 0 Å². The van der Waals surface area contributed by atoms with Crippen LogP contribution < -0.4 is 9.44 Å². The van der Waals surface area contributed by atoms with Gasteiger partial charge in [0.2, 0.25) is 0 Å². The van der Waals surface area contributed by atoms with Crippen LogP contribution in [0.25, 0.3) is 0 Å². The Balaban J connectivity index is 3.97. The summed E-state index contributed by atoms with van der Waals surface area (Å²) in [6, 6.07) is 0. The number of hydrogen-bond donors (Lipinski definition) is 2. The first-order valence-electron chi connectivity index (χ1n) is 4.66. The van der Waals surface area contributed by atoms with Crippen molar-refractivity contribution in [2.75, 3.05) is 6.54 Å². The van der Waals surface area contributed by atoms with E-state index in [-0.39, 0.29) is 0 Å². The molecule has 0 heterocycles. The van der Waals surface area contributed by atoms with Gasteiger partial charge in [-0.05, 0) is 34.1 Å². The van der Waals surface area contributed by atoms with Gasteiger partial charge in [-0.25, -0.2) is 4.72 Å². The Labute approximate surface area is 87.0 Å². The molecule has 14 heavy (non-hydrogen) atoms. The summed E-state index contributed by atoms with van der Waals surface area (Å²) in [6.07, 6.45) is 4.52. The maximum Gasteiger partial charge on any atom is 0.277 e. The quantitative estimate of drug-likeness (QED) is 0.540. The van der Waals surface area contributed by atoms with Gasteiger partial charge in [0.1, 0.15) is 0 Å². The fourth-order valence-corrected chi connectivity index (χ4v) is 2.15. The molecule has 0 aliphatic carbocycles. The first-order valence-corrected chi connectivity index (χ1v) is 6.15. The molecule has 0 saturated heterocycles. The van der Waals surface area contributed by atoms with E-state index in [1.165, 1.54) is 0 Å². The van der Waals surface area contributed by atoms with Crippen molar-refractivity contribution in [2.24, 2.45) is 0 Å². The average molecular weight is 220 g/mol. The summed E-state index contributed by atoms with van der Waals surface area (Å²) in [5, 5.41) is 0. The highest BCUT2D eigenvalue weighted by Gasteiger charge is 2.18. The van der Waals surface area contributed by atoms with Crippen LogP contribution in [0.4, 0.5) is 0 Å². The molecule has 0 radical (unpaired) electrons. The molecule has 0 unspecified atom stereocenters. The molecule has 2 N–H and O–H groups in total. The molecule has 0 spiro atoms. The maximum atomic E-state index is 11.4. The Hall–Kier alpha value is -0.390. The van der Waals surface area contributed by atoms with E-state index >= 15 is 0 Å². The predicted molar refractivity (Wildman–Crippen MR) is 59.2 cm³/mol. The van der Waals surface area contributed by atoms with Crippen LogP contribution in [0.15, 0.2) is 12.2 Å². The van der Waals surface area contributed by atoms with Crippen LogP contribution in [0.5, 0.6) is 0 Å². The molecule has 0 amide bonds. The topological polar surface area (TPSA) is 58.2 Å². The minimum atomic E-state index is -3.35. The molecule has 0 aromatic carbocycles. The fourth-order valence-electron chi connectivity index (χ4n) is 0.882. The van der Waals surface area contributed by atoms with Crippen LogP contribution in [-0.4, -0.2) is 20.5 Å². The zero-order valence-electron chi connectivity index (χ0n) is 9.29. The van der Waals surface area contributed by atoms with Gasteiger partial charge in [0.15, 0.2) is 0 Å². The summed E-state index contributed by atoms with van der Waals surface area (Å²) < 4.78 is 27.7. The van der Waals surface area contributed by atoms with E-state index in [1.54, 1.807) is 20.8 Å². The van der Waals surface area contributed by atoms with Crippen LogP contribution in [0.1, 0.15) is 34.1 Å². The second-order valence-electron chi connectivity index (χ2n) is 4.11. The van der Waals surface area contributed by atoms with Crippen LogP contribution >= 0.6 is 0 Å². The molecule has 5 heteroatoms. The van der Waals surface area contributed by atoms with E-state index in [1.807, 2.05) is 19.1 Å². The lowest BCUT2D eigenvalue weighted by Gasteiger charge is -2.20. The number of allylic oxidation sites excluding steroid dienone is 1. The van der Waals surface area contributed by atoms with Gasteiger partial charge in [0.25, 0.3) is 10.2 Å². The minimum absolute atomic E-state index is 0.426.